The summed E-state index contributed by atoms with van der Waals surface area (Å²) in [5, 5.41) is 8.95. The van der Waals surface area contributed by atoms with Crippen molar-refractivity contribution in [1.82, 2.24) is 0 Å². The maximum Gasteiger partial charge on any atom is 0.333 e. The van der Waals surface area contributed by atoms with Crippen LogP contribution in [0.2, 0.25) is 0 Å². The molecule has 2 unspecified atom stereocenters. The number of esters is 1. The lowest BCUT2D eigenvalue weighted by Gasteiger charge is -2.58. The highest BCUT2D eigenvalue weighted by Gasteiger charge is 2.57. The van der Waals surface area contributed by atoms with Crippen molar-refractivity contribution in [2.75, 3.05) is 13.2 Å². The molecule has 4 aliphatic rings. The van der Waals surface area contributed by atoms with E-state index >= 15 is 0 Å². The van der Waals surface area contributed by atoms with Gasteiger partial charge >= 0.3 is 5.97 Å². The normalized spacial score (nSPS) is 41.7. The fourth-order valence-electron chi connectivity index (χ4n) is 4.77. The molecule has 0 amide bonds. The molecular formula is C16H24O4. The van der Waals surface area contributed by atoms with Gasteiger partial charge in [-0.25, -0.2) is 4.79 Å². The van der Waals surface area contributed by atoms with Crippen LogP contribution >= 0.6 is 0 Å². The molecule has 4 saturated carbocycles. The summed E-state index contributed by atoms with van der Waals surface area (Å²) in [6, 6.07) is 0. The molecule has 4 aliphatic carbocycles. The van der Waals surface area contributed by atoms with Gasteiger partial charge in [0, 0.05) is 5.57 Å². The number of ether oxygens (including phenoxy) is 2. The van der Waals surface area contributed by atoms with Gasteiger partial charge in [0.1, 0.15) is 5.60 Å². The van der Waals surface area contributed by atoms with Gasteiger partial charge in [0.2, 0.25) is 0 Å². The predicted octanol–water partition coefficient (Wildman–Crippen LogP) is 2.06. The Morgan fingerprint density at radius 3 is 2.50 bits per heavy atom. The van der Waals surface area contributed by atoms with Gasteiger partial charge < -0.3 is 14.6 Å². The maximum atomic E-state index is 11.9. The second-order valence-corrected chi connectivity index (χ2v) is 6.88. The average Bonchev–Trinajstić information content (AvgIpc) is 2.36. The standard InChI is InChI=1S/C16H24O4/c1-10(2)15(18)20-16-7-11-5-12(8-16)14(19-4-3-17)13(6-11)9-16/h11-14,17H,1,3-9H2,2H3. The van der Waals surface area contributed by atoms with Crippen LogP contribution in [-0.2, 0) is 14.3 Å². The Balaban J connectivity index is 1.72. The average molecular weight is 280 g/mol. The second kappa shape index (κ2) is 5.15. The first kappa shape index (κ1) is 14.1. The molecule has 2 atom stereocenters. The molecule has 0 radical (unpaired) electrons. The number of carbonyl (C=O) groups excluding carboxylic acids is 1. The highest BCUT2D eigenvalue weighted by atomic mass is 16.6. The summed E-state index contributed by atoms with van der Waals surface area (Å²) >= 11 is 0. The molecule has 4 rings (SSSR count). The zero-order valence-corrected chi connectivity index (χ0v) is 12.1. The van der Waals surface area contributed by atoms with E-state index in [1.165, 1.54) is 12.8 Å². The summed E-state index contributed by atoms with van der Waals surface area (Å²) in [6.45, 7) is 5.88. The number of rotatable bonds is 5. The summed E-state index contributed by atoms with van der Waals surface area (Å²) in [5.74, 6) is 1.37. The third kappa shape index (κ3) is 2.40. The molecule has 20 heavy (non-hydrogen) atoms. The Morgan fingerprint density at radius 1 is 1.30 bits per heavy atom. The fraction of sp³-hybridized carbons (Fsp3) is 0.812. The van der Waals surface area contributed by atoms with Crippen LogP contribution in [-0.4, -0.2) is 36.0 Å². The monoisotopic (exact) mass is 280 g/mol. The van der Waals surface area contributed by atoms with E-state index in [1.807, 2.05) is 0 Å². The minimum Gasteiger partial charge on any atom is -0.456 e. The van der Waals surface area contributed by atoms with Crippen LogP contribution in [0.15, 0.2) is 12.2 Å². The van der Waals surface area contributed by atoms with Gasteiger partial charge in [-0.1, -0.05) is 6.58 Å². The molecule has 0 saturated heterocycles. The topological polar surface area (TPSA) is 55.8 Å². The van der Waals surface area contributed by atoms with Crippen molar-refractivity contribution in [2.45, 2.75) is 50.7 Å². The summed E-state index contributed by atoms with van der Waals surface area (Å²) < 4.78 is 11.7. The first-order valence-electron chi connectivity index (χ1n) is 7.64. The van der Waals surface area contributed by atoms with E-state index in [9.17, 15) is 4.79 Å². The molecule has 0 aliphatic heterocycles. The molecule has 0 aromatic carbocycles. The van der Waals surface area contributed by atoms with Gasteiger partial charge in [0.15, 0.2) is 0 Å². The SMILES string of the molecule is C=C(C)C(=O)OC12CC3CC(C1)C(OCCO)C(C3)C2. The number of hydrogen-bond acceptors (Lipinski definition) is 4. The largest absolute Gasteiger partial charge is 0.456 e. The van der Waals surface area contributed by atoms with Crippen molar-refractivity contribution in [3.63, 3.8) is 0 Å². The van der Waals surface area contributed by atoms with E-state index in [-0.39, 0.29) is 24.3 Å². The third-order valence-corrected chi connectivity index (χ3v) is 5.19. The summed E-state index contributed by atoms with van der Waals surface area (Å²) in [4.78, 5) is 11.9. The van der Waals surface area contributed by atoms with Crippen LogP contribution < -0.4 is 0 Å². The van der Waals surface area contributed by atoms with Crippen LogP contribution in [0.1, 0.15) is 39.0 Å². The molecule has 4 nitrogen and oxygen atoms in total. The number of hydrogen-bond donors (Lipinski definition) is 1. The number of aliphatic hydroxyl groups is 1. The molecule has 0 heterocycles. The van der Waals surface area contributed by atoms with Crippen LogP contribution in [0, 0.1) is 17.8 Å². The van der Waals surface area contributed by atoms with Crippen molar-refractivity contribution in [2.24, 2.45) is 17.8 Å². The Hall–Kier alpha value is -0.870. The predicted molar refractivity (Wildman–Crippen MR) is 74.0 cm³/mol. The van der Waals surface area contributed by atoms with Crippen LogP contribution in [0.25, 0.3) is 0 Å². The van der Waals surface area contributed by atoms with Crippen molar-refractivity contribution in [1.29, 1.82) is 0 Å². The zero-order chi connectivity index (χ0) is 14.3. The lowest BCUT2D eigenvalue weighted by atomic mass is 9.53. The van der Waals surface area contributed by atoms with Gasteiger partial charge in [-0.2, -0.15) is 0 Å². The number of aliphatic hydroxyl groups excluding tert-OH is 1. The third-order valence-electron chi connectivity index (χ3n) is 5.19. The van der Waals surface area contributed by atoms with Gasteiger partial charge in [0.05, 0.1) is 19.3 Å². The highest BCUT2D eigenvalue weighted by Crippen LogP contribution is 2.58. The molecule has 4 heteroatoms. The summed E-state index contributed by atoms with van der Waals surface area (Å²) in [6.07, 6.45) is 5.43. The highest BCUT2D eigenvalue weighted by molar-refractivity contribution is 5.87. The first-order chi connectivity index (χ1) is 9.53. The van der Waals surface area contributed by atoms with Gasteiger partial charge in [-0.05, 0) is 56.8 Å². The summed E-state index contributed by atoms with van der Waals surface area (Å²) in [7, 11) is 0. The Kier molecular flexibility index (Phi) is 3.63. The molecule has 4 fully saturated rings. The van der Waals surface area contributed by atoms with E-state index < -0.39 is 0 Å². The molecular weight excluding hydrogens is 256 g/mol. The lowest BCUT2D eigenvalue weighted by Crippen LogP contribution is -2.59. The molecule has 0 spiro atoms. The van der Waals surface area contributed by atoms with Gasteiger partial charge in [-0.15, -0.1) is 0 Å². The van der Waals surface area contributed by atoms with Gasteiger partial charge in [-0.3, -0.25) is 0 Å². The van der Waals surface area contributed by atoms with E-state index in [0.29, 0.717) is 29.9 Å². The molecule has 112 valence electrons. The Morgan fingerprint density at radius 2 is 1.95 bits per heavy atom. The Bertz CT molecular complexity index is 401. The van der Waals surface area contributed by atoms with Gasteiger partial charge in [0.25, 0.3) is 0 Å². The van der Waals surface area contributed by atoms with Crippen molar-refractivity contribution in [3.05, 3.63) is 12.2 Å². The summed E-state index contributed by atoms with van der Waals surface area (Å²) in [5.41, 5.74) is 0.208. The first-order valence-corrected chi connectivity index (χ1v) is 7.64. The number of carbonyl (C=O) groups is 1. The van der Waals surface area contributed by atoms with E-state index in [1.54, 1.807) is 6.92 Å². The molecule has 1 N–H and O–H groups in total. The lowest BCUT2D eigenvalue weighted by molar-refractivity contribution is -0.212. The van der Waals surface area contributed by atoms with E-state index in [2.05, 4.69) is 6.58 Å². The zero-order valence-electron chi connectivity index (χ0n) is 12.1. The quantitative estimate of drug-likeness (QED) is 0.618. The van der Waals surface area contributed by atoms with Crippen molar-refractivity contribution < 1.29 is 19.4 Å². The van der Waals surface area contributed by atoms with Crippen molar-refractivity contribution >= 4 is 5.97 Å². The van der Waals surface area contributed by atoms with E-state index in [0.717, 1.165) is 19.3 Å². The van der Waals surface area contributed by atoms with E-state index in [4.69, 9.17) is 14.6 Å². The Labute approximate surface area is 120 Å². The molecule has 0 aromatic heterocycles. The fourth-order valence-corrected chi connectivity index (χ4v) is 4.77. The van der Waals surface area contributed by atoms with Crippen LogP contribution in [0.3, 0.4) is 0 Å². The van der Waals surface area contributed by atoms with Crippen molar-refractivity contribution in [3.8, 4) is 0 Å². The molecule has 0 aromatic rings. The minimum absolute atomic E-state index is 0.0785. The second-order valence-electron chi connectivity index (χ2n) is 6.88. The maximum absolute atomic E-state index is 11.9. The minimum atomic E-state index is -0.272. The smallest absolute Gasteiger partial charge is 0.333 e. The van der Waals surface area contributed by atoms with Crippen LogP contribution in [0.5, 0.6) is 0 Å². The molecule has 4 bridgehead atoms. The van der Waals surface area contributed by atoms with Crippen LogP contribution in [0.4, 0.5) is 0 Å².